The van der Waals surface area contributed by atoms with E-state index >= 15 is 0 Å². The Morgan fingerprint density at radius 2 is 1.85 bits per heavy atom. The van der Waals surface area contributed by atoms with Crippen molar-refractivity contribution in [2.75, 3.05) is 12.9 Å². The minimum absolute atomic E-state index is 0.322. The zero-order valence-corrected chi connectivity index (χ0v) is 13.7. The fourth-order valence-electron chi connectivity index (χ4n) is 1.87. The molecule has 0 aliphatic rings. The first-order chi connectivity index (χ1) is 9.58. The smallest absolute Gasteiger partial charge is 0.264 e. The average molecular weight is 316 g/mol. The third kappa shape index (κ3) is 10.2. The Hall–Kier alpha value is -0.650. The van der Waals surface area contributed by atoms with Gasteiger partial charge >= 0.3 is 0 Å². The molecule has 0 bridgehead atoms. The maximum absolute atomic E-state index is 10.7. The van der Waals surface area contributed by atoms with Crippen LogP contribution < -0.4 is 0 Å². The summed E-state index contributed by atoms with van der Waals surface area (Å²) in [4.78, 5) is 1.32. The first kappa shape index (κ1) is 17.4. The van der Waals surface area contributed by atoms with Crippen molar-refractivity contribution < 1.29 is 12.6 Å². The summed E-state index contributed by atoms with van der Waals surface area (Å²) in [5.41, 5.74) is 0. The van der Waals surface area contributed by atoms with Gasteiger partial charge in [-0.05, 0) is 36.8 Å². The summed E-state index contributed by atoms with van der Waals surface area (Å²) in [5, 5.41) is 2.09. The van der Waals surface area contributed by atoms with E-state index in [9.17, 15) is 8.42 Å². The second kappa shape index (κ2) is 10.1. The van der Waals surface area contributed by atoms with Crippen molar-refractivity contribution in [1.29, 1.82) is 0 Å². The molecule has 0 radical (unpaired) electrons. The molecule has 3 nitrogen and oxygen atoms in total. The van der Waals surface area contributed by atoms with Crippen molar-refractivity contribution in [1.82, 2.24) is 0 Å². The highest BCUT2D eigenvalue weighted by molar-refractivity contribution is 7.85. The average Bonchev–Trinajstić information content (AvgIpc) is 2.87. The SMILES string of the molecule is CS(=O)(=O)OCCCCCCCCC=Cc1cccs1. The van der Waals surface area contributed by atoms with Gasteiger partial charge in [-0.3, -0.25) is 4.18 Å². The minimum atomic E-state index is -3.26. The molecule has 0 atom stereocenters. The van der Waals surface area contributed by atoms with Gasteiger partial charge in [0.25, 0.3) is 10.1 Å². The number of hydrogen-bond donors (Lipinski definition) is 0. The van der Waals surface area contributed by atoms with E-state index in [-0.39, 0.29) is 0 Å². The molecule has 0 spiro atoms. The highest BCUT2D eigenvalue weighted by Gasteiger charge is 2.00. The summed E-state index contributed by atoms with van der Waals surface area (Å²) in [6, 6.07) is 4.19. The van der Waals surface area contributed by atoms with E-state index in [0.29, 0.717) is 6.61 Å². The first-order valence-electron chi connectivity index (χ1n) is 7.12. The van der Waals surface area contributed by atoms with Crippen LogP contribution in [0.15, 0.2) is 23.6 Å². The lowest BCUT2D eigenvalue weighted by Gasteiger charge is -2.01. The maximum atomic E-state index is 10.7. The van der Waals surface area contributed by atoms with E-state index in [1.807, 2.05) is 0 Å². The Bertz CT molecular complexity index is 461. The Kier molecular flexibility index (Phi) is 8.82. The number of rotatable bonds is 11. The molecule has 0 fully saturated rings. The Balaban J connectivity index is 1.85. The fraction of sp³-hybridized carbons (Fsp3) is 0.600. The summed E-state index contributed by atoms with van der Waals surface area (Å²) in [7, 11) is -3.26. The van der Waals surface area contributed by atoms with Gasteiger partial charge in [0.05, 0.1) is 12.9 Å². The van der Waals surface area contributed by atoms with Crippen molar-refractivity contribution in [3.05, 3.63) is 28.5 Å². The number of hydrogen-bond acceptors (Lipinski definition) is 4. The standard InChI is InChI=1S/C15H24O3S2/c1-20(16,17)18-13-9-7-5-3-2-4-6-8-11-15-12-10-14-19-15/h8,10-12,14H,2-7,9,13H2,1H3. The summed E-state index contributed by atoms with van der Waals surface area (Å²) in [6.45, 7) is 0.322. The van der Waals surface area contributed by atoms with Crippen LogP contribution in [0.25, 0.3) is 6.08 Å². The molecule has 0 amide bonds. The predicted molar refractivity (Wildman–Crippen MR) is 86.5 cm³/mol. The molecule has 5 heteroatoms. The Morgan fingerprint density at radius 3 is 2.50 bits per heavy atom. The molecule has 1 rings (SSSR count). The van der Waals surface area contributed by atoms with Crippen LogP contribution >= 0.6 is 11.3 Å². The molecule has 20 heavy (non-hydrogen) atoms. The lowest BCUT2D eigenvalue weighted by atomic mass is 10.1. The van der Waals surface area contributed by atoms with Gasteiger partial charge in [-0.2, -0.15) is 8.42 Å². The van der Waals surface area contributed by atoms with E-state index in [1.165, 1.54) is 24.1 Å². The summed E-state index contributed by atoms with van der Waals surface area (Å²) >= 11 is 1.76. The quantitative estimate of drug-likeness (QED) is 0.447. The van der Waals surface area contributed by atoms with Crippen LogP contribution in [-0.2, 0) is 14.3 Å². The molecule has 114 valence electrons. The van der Waals surface area contributed by atoms with E-state index in [2.05, 4.69) is 33.8 Å². The van der Waals surface area contributed by atoms with Crippen LogP contribution in [-0.4, -0.2) is 21.3 Å². The number of unbranched alkanes of at least 4 members (excludes halogenated alkanes) is 6. The highest BCUT2D eigenvalue weighted by Crippen LogP contribution is 2.12. The van der Waals surface area contributed by atoms with Gasteiger partial charge in [0, 0.05) is 4.88 Å². The molecule has 1 heterocycles. The maximum Gasteiger partial charge on any atom is 0.264 e. The second-order valence-electron chi connectivity index (χ2n) is 4.85. The van der Waals surface area contributed by atoms with Gasteiger partial charge in [0.15, 0.2) is 0 Å². The monoisotopic (exact) mass is 316 g/mol. The first-order valence-corrected chi connectivity index (χ1v) is 9.82. The molecular formula is C15H24O3S2. The van der Waals surface area contributed by atoms with Crippen molar-refractivity contribution in [3.8, 4) is 0 Å². The molecule has 0 saturated carbocycles. The van der Waals surface area contributed by atoms with Gasteiger partial charge in [0.2, 0.25) is 0 Å². The molecule has 0 N–H and O–H groups in total. The molecule has 0 aromatic carbocycles. The minimum Gasteiger partial charge on any atom is -0.270 e. The second-order valence-corrected chi connectivity index (χ2v) is 7.48. The van der Waals surface area contributed by atoms with Crippen molar-refractivity contribution in [3.63, 3.8) is 0 Å². The van der Waals surface area contributed by atoms with E-state index in [4.69, 9.17) is 0 Å². The predicted octanol–water partition coefficient (Wildman–Crippen LogP) is 4.47. The molecule has 0 aliphatic carbocycles. The third-order valence-corrected chi connectivity index (χ3v) is 4.32. The molecular weight excluding hydrogens is 292 g/mol. The molecule has 0 aliphatic heterocycles. The molecule has 1 aromatic rings. The zero-order chi connectivity index (χ0) is 14.7. The third-order valence-electron chi connectivity index (χ3n) is 2.89. The topological polar surface area (TPSA) is 43.4 Å². The van der Waals surface area contributed by atoms with Crippen LogP contribution in [0, 0.1) is 0 Å². The van der Waals surface area contributed by atoms with Crippen LogP contribution in [0.1, 0.15) is 49.8 Å². The lowest BCUT2D eigenvalue weighted by Crippen LogP contribution is -2.03. The van der Waals surface area contributed by atoms with Gasteiger partial charge in [0.1, 0.15) is 0 Å². The molecule has 0 saturated heterocycles. The van der Waals surface area contributed by atoms with Gasteiger partial charge in [-0.1, -0.05) is 37.8 Å². The van der Waals surface area contributed by atoms with E-state index < -0.39 is 10.1 Å². The summed E-state index contributed by atoms with van der Waals surface area (Å²) in [6.07, 6.45) is 13.4. The van der Waals surface area contributed by atoms with Crippen molar-refractivity contribution in [2.45, 2.75) is 44.9 Å². The lowest BCUT2D eigenvalue weighted by molar-refractivity contribution is 0.309. The van der Waals surface area contributed by atoms with Crippen LogP contribution in [0.3, 0.4) is 0 Å². The van der Waals surface area contributed by atoms with Crippen molar-refractivity contribution >= 4 is 27.5 Å². The Morgan fingerprint density at radius 1 is 1.15 bits per heavy atom. The zero-order valence-electron chi connectivity index (χ0n) is 12.1. The summed E-state index contributed by atoms with van der Waals surface area (Å²) in [5.74, 6) is 0. The summed E-state index contributed by atoms with van der Waals surface area (Å²) < 4.78 is 26.1. The normalized spacial score (nSPS) is 12.2. The van der Waals surface area contributed by atoms with Crippen LogP contribution in [0.5, 0.6) is 0 Å². The van der Waals surface area contributed by atoms with E-state index in [0.717, 1.165) is 31.9 Å². The van der Waals surface area contributed by atoms with Gasteiger partial charge in [-0.15, -0.1) is 11.3 Å². The highest BCUT2D eigenvalue weighted by atomic mass is 32.2. The van der Waals surface area contributed by atoms with Crippen LogP contribution in [0.4, 0.5) is 0 Å². The Labute approximate surface area is 126 Å². The molecule has 0 unspecified atom stereocenters. The van der Waals surface area contributed by atoms with Gasteiger partial charge in [-0.25, -0.2) is 0 Å². The number of allylic oxidation sites excluding steroid dienone is 1. The van der Waals surface area contributed by atoms with Crippen LogP contribution in [0.2, 0.25) is 0 Å². The van der Waals surface area contributed by atoms with Crippen molar-refractivity contribution in [2.24, 2.45) is 0 Å². The number of thiophene rings is 1. The largest absolute Gasteiger partial charge is 0.270 e. The van der Waals surface area contributed by atoms with E-state index in [1.54, 1.807) is 11.3 Å². The van der Waals surface area contributed by atoms with Gasteiger partial charge < -0.3 is 0 Å². The molecule has 1 aromatic heterocycles. The fourth-order valence-corrected chi connectivity index (χ4v) is 2.93.